The number of H-pyrrole nitrogens is 1. The lowest BCUT2D eigenvalue weighted by atomic mass is 9.97. The predicted octanol–water partition coefficient (Wildman–Crippen LogP) is 2.80. The van der Waals surface area contributed by atoms with Gasteiger partial charge in [-0.2, -0.15) is 5.10 Å². The number of aromatic amines is 1. The van der Waals surface area contributed by atoms with Crippen molar-refractivity contribution in [3.05, 3.63) is 71.4 Å². The number of hydrogen-bond donors (Lipinski definition) is 1. The number of benzene rings is 1. The number of ether oxygens (including phenoxy) is 1. The second kappa shape index (κ2) is 6.68. The van der Waals surface area contributed by atoms with Gasteiger partial charge in [0.2, 0.25) is 0 Å². The maximum Gasteiger partial charge on any atom is 0.273 e. The van der Waals surface area contributed by atoms with Gasteiger partial charge in [0.15, 0.2) is 0 Å². The molecule has 3 aromatic rings. The van der Waals surface area contributed by atoms with E-state index in [4.69, 9.17) is 4.74 Å². The van der Waals surface area contributed by atoms with Crippen LogP contribution in [0, 0.1) is 5.82 Å². The molecule has 0 saturated carbocycles. The van der Waals surface area contributed by atoms with Crippen molar-refractivity contribution in [2.24, 2.45) is 0 Å². The SMILES string of the molecule is COCCN1C(=O)c2[nH]nc(-c3ccc(F)cc3)c2[C@H]1c1cccnc1. The number of hydrogen-bond acceptors (Lipinski definition) is 4. The van der Waals surface area contributed by atoms with Gasteiger partial charge in [0.25, 0.3) is 5.91 Å². The Hall–Kier alpha value is -3.06. The van der Waals surface area contributed by atoms with Crippen LogP contribution < -0.4 is 0 Å². The molecule has 2 aromatic heterocycles. The Labute approximate surface area is 149 Å². The molecule has 0 aliphatic carbocycles. The first kappa shape index (κ1) is 16.4. The first-order valence-electron chi connectivity index (χ1n) is 8.24. The van der Waals surface area contributed by atoms with E-state index in [1.54, 1.807) is 36.5 Å². The third-order valence-corrected chi connectivity index (χ3v) is 4.52. The van der Waals surface area contributed by atoms with Crippen molar-refractivity contribution in [2.45, 2.75) is 6.04 Å². The molecule has 26 heavy (non-hydrogen) atoms. The average molecular weight is 352 g/mol. The van der Waals surface area contributed by atoms with E-state index in [0.29, 0.717) is 24.5 Å². The number of nitrogens with one attached hydrogen (secondary N) is 1. The van der Waals surface area contributed by atoms with Gasteiger partial charge in [-0.1, -0.05) is 6.07 Å². The summed E-state index contributed by atoms with van der Waals surface area (Å²) in [4.78, 5) is 18.8. The Balaban J connectivity index is 1.85. The molecular weight excluding hydrogens is 335 g/mol. The highest BCUT2D eigenvalue weighted by atomic mass is 19.1. The Kier molecular flexibility index (Phi) is 4.22. The van der Waals surface area contributed by atoms with E-state index in [0.717, 1.165) is 16.7 Å². The summed E-state index contributed by atoms with van der Waals surface area (Å²) in [6.07, 6.45) is 3.44. The molecule has 1 N–H and O–H groups in total. The normalized spacial score (nSPS) is 16.2. The predicted molar refractivity (Wildman–Crippen MR) is 93.0 cm³/mol. The van der Waals surface area contributed by atoms with Crippen LogP contribution in [0.3, 0.4) is 0 Å². The molecule has 4 rings (SSSR count). The van der Waals surface area contributed by atoms with E-state index in [-0.39, 0.29) is 17.8 Å². The Morgan fingerprint density at radius 3 is 2.77 bits per heavy atom. The lowest BCUT2D eigenvalue weighted by Gasteiger charge is -2.25. The minimum Gasteiger partial charge on any atom is -0.383 e. The molecule has 1 aliphatic rings. The van der Waals surface area contributed by atoms with Crippen molar-refractivity contribution in [1.29, 1.82) is 0 Å². The summed E-state index contributed by atoms with van der Waals surface area (Å²) in [5.74, 6) is -0.450. The molecule has 0 saturated heterocycles. The zero-order valence-electron chi connectivity index (χ0n) is 14.1. The van der Waals surface area contributed by atoms with Gasteiger partial charge in [-0.25, -0.2) is 4.39 Å². The molecule has 0 spiro atoms. The topological polar surface area (TPSA) is 71.1 Å². The number of pyridine rings is 1. The molecule has 1 aromatic carbocycles. The minimum absolute atomic E-state index is 0.133. The number of carbonyl (C=O) groups excluding carboxylic acids is 1. The van der Waals surface area contributed by atoms with Gasteiger partial charge in [0.05, 0.1) is 18.3 Å². The van der Waals surface area contributed by atoms with E-state index in [9.17, 15) is 9.18 Å². The number of amides is 1. The van der Waals surface area contributed by atoms with Crippen LogP contribution in [0.1, 0.15) is 27.7 Å². The van der Waals surface area contributed by atoms with Gasteiger partial charge in [0, 0.05) is 37.2 Å². The van der Waals surface area contributed by atoms with Crippen molar-refractivity contribution >= 4 is 5.91 Å². The van der Waals surface area contributed by atoms with Crippen LogP contribution in [0.5, 0.6) is 0 Å². The fourth-order valence-electron chi connectivity index (χ4n) is 3.33. The highest BCUT2D eigenvalue weighted by molar-refractivity contribution is 6.00. The zero-order chi connectivity index (χ0) is 18.1. The Morgan fingerprint density at radius 2 is 2.08 bits per heavy atom. The second-order valence-corrected chi connectivity index (χ2v) is 6.05. The van der Waals surface area contributed by atoms with Crippen LogP contribution in [-0.2, 0) is 4.74 Å². The number of halogens is 1. The summed E-state index contributed by atoms with van der Waals surface area (Å²) in [6, 6.07) is 9.54. The van der Waals surface area contributed by atoms with Gasteiger partial charge in [-0.05, 0) is 35.9 Å². The maximum absolute atomic E-state index is 13.3. The van der Waals surface area contributed by atoms with E-state index in [1.807, 2.05) is 12.1 Å². The fraction of sp³-hybridized carbons (Fsp3) is 0.211. The van der Waals surface area contributed by atoms with Crippen LogP contribution in [0.4, 0.5) is 4.39 Å². The molecule has 0 radical (unpaired) electrons. The van der Waals surface area contributed by atoms with Crippen molar-refractivity contribution in [2.75, 3.05) is 20.3 Å². The van der Waals surface area contributed by atoms with Gasteiger partial charge < -0.3 is 9.64 Å². The Bertz CT molecular complexity index is 924. The molecular formula is C19H17FN4O2. The number of aromatic nitrogens is 3. The van der Waals surface area contributed by atoms with Gasteiger partial charge in [-0.15, -0.1) is 0 Å². The molecule has 0 bridgehead atoms. The molecule has 1 amide bonds. The van der Waals surface area contributed by atoms with Crippen LogP contribution in [0.25, 0.3) is 11.3 Å². The highest BCUT2D eigenvalue weighted by Gasteiger charge is 2.41. The van der Waals surface area contributed by atoms with E-state index in [2.05, 4.69) is 15.2 Å². The van der Waals surface area contributed by atoms with Crippen molar-refractivity contribution in [3.8, 4) is 11.3 Å². The maximum atomic E-state index is 13.3. The molecule has 1 atom stereocenters. The molecule has 0 fully saturated rings. The van der Waals surface area contributed by atoms with Crippen LogP contribution >= 0.6 is 0 Å². The van der Waals surface area contributed by atoms with E-state index >= 15 is 0 Å². The Morgan fingerprint density at radius 1 is 1.27 bits per heavy atom. The smallest absolute Gasteiger partial charge is 0.273 e. The fourth-order valence-corrected chi connectivity index (χ4v) is 3.33. The first-order valence-corrected chi connectivity index (χ1v) is 8.24. The molecule has 1 aliphatic heterocycles. The largest absolute Gasteiger partial charge is 0.383 e. The molecule has 7 heteroatoms. The number of nitrogens with zero attached hydrogens (tertiary/aromatic N) is 3. The zero-order valence-corrected chi connectivity index (χ0v) is 14.1. The minimum atomic E-state index is -0.319. The van der Waals surface area contributed by atoms with Gasteiger partial charge >= 0.3 is 0 Å². The summed E-state index contributed by atoms with van der Waals surface area (Å²) in [6.45, 7) is 0.867. The average Bonchev–Trinajstić information content (AvgIpc) is 3.21. The van der Waals surface area contributed by atoms with Gasteiger partial charge in [0.1, 0.15) is 11.5 Å². The third-order valence-electron chi connectivity index (χ3n) is 4.52. The van der Waals surface area contributed by atoms with Crippen LogP contribution in [-0.4, -0.2) is 46.2 Å². The molecule has 3 heterocycles. The third kappa shape index (κ3) is 2.66. The summed E-state index contributed by atoms with van der Waals surface area (Å²) >= 11 is 0. The summed E-state index contributed by atoms with van der Waals surface area (Å²) < 4.78 is 18.5. The first-order chi connectivity index (χ1) is 12.7. The summed E-state index contributed by atoms with van der Waals surface area (Å²) in [5.41, 5.74) is 3.52. The van der Waals surface area contributed by atoms with E-state index in [1.165, 1.54) is 12.1 Å². The van der Waals surface area contributed by atoms with E-state index < -0.39 is 0 Å². The quantitative estimate of drug-likeness (QED) is 0.766. The number of fused-ring (bicyclic) bond motifs is 1. The lowest BCUT2D eigenvalue weighted by molar-refractivity contribution is 0.0677. The molecule has 132 valence electrons. The molecule has 0 unspecified atom stereocenters. The summed E-state index contributed by atoms with van der Waals surface area (Å²) in [5, 5.41) is 7.19. The monoisotopic (exact) mass is 352 g/mol. The lowest BCUT2D eigenvalue weighted by Crippen LogP contribution is -2.32. The highest BCUT2D eigenvalue weighted by Crippen LogP contribution is 2.42. The molecule has 6 nitrogen and oxygen atoms in total. The van der Waals surface area contributed by atoms with Gasteiger partial charge in [-0.3, -0.25) is 14.9 Å². The van der Waals surface area contributed by atoms with Crippen molar-refractivity contribution < 1.29 is 13.9 Å². The van der Waals surface area contributed by atoms with Crippen LogP contribution in [0.15, 0.2) is 48.8 Å². The van der Waals surface area contributed by atoms with Crippen molar-refractivity contribution in [3.63, 3.8) is 0 Å². The van der Waals surface area contributed by atoms with Crippen LogP contribution in [0.2, 0.25) is 0 Å². The second-order valence-electron chi connectivity index (χ2n) is 6.05. The number of methoxy groups -OCH3 is 1. The number of carbonyl (C=O) groups is 1. The van der Waals surface area contributed by atoms with Crippen molar-refractivity contribution in [1.82, 2.24) is 20.1 Å². The number of rotatable bonds is 5. The standard InChI is InChI=1S/C19H17FN4O2/c1-26-10-9-24-18(13-3-2-8-21-11-13)15-16(22-23-17(15)19(24)25)12-4-6-14(20)7-5-12/h2-8,11,18H,9-10H2,1H3,(H,22,23)/t18-/m1/s1. The summed E-state index contributed by atoms with van der Waals surface area (Å²) in [7, 11) is 1.60.